The molecule has 1 aliphatic rings. The number of nitrogens with two attached hydrogens (primary N) is 1. The van der Waals surface area contributed by atoms with Crippen LogP contribution in [0.5, 0.6) is 0 Å². The van der Waals surface area contributed by atoms with Crippen molar-refractivity contribution in [3.8, 4) is 0 Å². The van der Waals surface area contributed by atoms with Crippen LogP contribution in [-0.4, -0.2) is 18.0 Å². The molecule has 1 aliphatic carbocycles. The minimum Gasteiger partial charge on any atom is -0.368 e. The predicted molar refractivity (Wildman–Crippen MR) is 62.4 cm³/mol. The van der Waals surface area contributed by atoms with Gasteiger partial charge in [0.15, 0.2) is 0 Å². The van der Waals surface area contributed by atoms with Gasteiger partial charge in [0.05, 0.1) is 6.04 Å². The van der Waals surface area contributed by atoms with Crippen molar-refractivity contribution in [2.24, 2.45) is 11.7 Å². The molecule has 3 nitrogen and oxygen atoms in total. The van der Waals surface area contributed by atoms with E-state index in [1.165, 1.54) is 32.1 Å². The summed E-state index contributed by atoms with van der Waals surface area (Å²) in [6, 6.07) is 0.194. The van der Waals surface area contributed by atoms with Crippen LogP contribution in [0.25, 0.3) is 0 Å². The van der Waals surface area contributed by atoms with Gasteiger partial charge in [-0.2, -0.15) is 0 Å². The average Bonchev–Trinajstić information content (AvgIpc) is 2.17. The second kappa shape index (κ2) is 6.11. The SMILES string of the molecule is CC(C)N[C@H](CC1CCCCC1)C(N)=O. The number of carbonyl (C=O) groups excluding carboxylic acids is 1. The van der Waals surface area contributed by atoms with Crippen molar-refractivity contribution >= 4 is 5.91 Å². The molecule has 0 aliphatic heterocycles. The molecule has 0 spiro atoms. The average molecular weight is 212 g/mol. The standard InChI is InChI=1S/C12H24N2O/c1-9(2)14-11(12(13)15)8-10-6-4-3-5-7-10/h9-11,14H,3-8H2,1-2H3,(H2,13,15)/t11-/m1/s1. The Kier molecular flexibility index (Phi) is 5.09. The Balaban J connectivity index is 2.38. The van der Waals surface area contributed by atoms with Gasteiger partial charge in [0.25, 0.3) is 0 Å². The van der Waals surface area contributed by atoms with E-state index in [4.69, 9.17) is 5.73 Å². The van der Waals surface area contributed by atoms with Gasteiger partial charge in [-0.1, -0.05) is 46.0 Å². The fraction of sp³-hybridized carbons (Fsp3) is 0.917. The van der Waals surface area contributed by atoms with Crippen LogP contribution in [0.15, 0.2) is 0 Å². The molecule has 1 atom stereocenters. The zero-order chi connectivity index (χ0) is 11.3. The van der Waals surface area contributed by atoms with Crippen LogP contribution in [-0.2, 0) is 4.79 Å². The molecule has 1 fully saturated rings. The third kappa shape index (κ3) is 4.65. The highest BCUT2D eigenvalue weighted by Gasteiger charge is 2.22. The summed E-state index contributed by atoms with van der Waals surface area (Å²) in [5, 5.41) is 3.25. The van der Waals surface area contributed by atoms with Crippen LogP contribution >= 0.6 is 0 Å². The van der Waals surface area contributed by atoms with Gasteiger partial charge in [-0.05, 0) is 12.3 Å². The summed E-state index contributed by atoms with van der Waals surface area (Å²) in [5.41, 5.74) is 5.40. The van der Waals surface area contributed by atoms with Crippen molar-refractivity contribution in [3.05, 3.63) is 0 Å². The number of primary amides is 1. The van der Waals surface area contributed by atoms with Crippen LogP contribution in [0.4, 0.5) is 0 Å². The lowest BCUT2D eigenvalue weighted by atomic mass is 9.84. The quantitative estimate of drug-likeness (QED) is 0.730. The van der Waals surface area contributed by atoms with E-state index in [0.717, 1.165) is 6.42 Å². The summed E-state index contributed by atoms with van der Waals surface area (Å²) in [7, 11) is 0. The van der Waals surface area contributed by atoms with Crippen molar-refractivity contribution in [2.45, 2.75) is 64.5 Å². The highest BCUT2D eigenvalue weighted by Crippen LogP contribution is 2.27. The van der Waals surface area contributed by atoms with Gasteiger partial charge in [-0.25, -0.2) is 0 Å². The molecule has 0 heterocycles. The summed E-state index contributed by atoms with van der Waals surface area (Å²) in [4.78, 5) is 11.3. The maximum absolute atomic E-state index is 11.3. The fourth-order valence-corrected chi connectivity index (χ4v) is 2.42. The van der Waals surface area contributed by atoms with E-state index in [-0.39, 0.29) is 11.9 Å². The third-order valence-corrected chi connectivity index (χ3v) is 3.17. The number of hydrogen-bond donors (Lipinski definition) is 2. The van der Waals surface area contributed by atoms with Gasteiger partial charge < -0.3 is 11.1 Å². The number of rotatable bonds is 5. The normalized spacial score (nSPS) is 20.5. The van der Waals surface area contributed by atoms with E-state index >= 15 is 0 Å². The third-order valence-electron chi connectivity index (χ3n) is 3.17. The van der Waals surface area contributed by atoms with E-state index in [1.807, 2.05) is 0 Å². The minimum atomic E-state index is -0.200. The van der Waals surface area contributed by atoms with Crippen molar-refractivity contribution in [1.82, 2.24) is 5.32 Å². The van der Waals surface area contributed by atoms with Gasteiger partial charge >= 0.3 is 0 Å². The van der Waals surface area contributed by atoms with Crippen LogP contribution in [0.2, 0.25) is 0 Å². The molecule has 15 heavy (non-hydrogen) atoms. The largest absolute Gasteiger partial charge is 0.368 e. The molecule has 1 saturated carbocycles. The first kappa shape index (κ1) is 12.5. The lowest BCUT2D eigenvalue weighted by Crippen LogP contribution is -2.45. The van der Waals surface area contributed by atoms with E-state index < -0.39 is 0 Å². The number of nitrogens with one attached hydrogen (secondary N) is 1. The van der Waals surface area contributed by atoms with Crippen molar-refractivity contribution < 1.29 is 4.79 Å². The van der Waals surface area contributed by atoms with Crippen molar-refractivity contribution in [1.29, 1.82) is 0 Å². The molecule has 3 N–H and O–H groups in total. The van der Waals surface area contributed by atoms with Crippen LogP contribution in [0.3, 0.4) is 0 Å². The first-order valence-corrected chi connectivity index (χ1v) is 6.15. The summed E-state index contributed by atoms with van der Waals surface area (Å²) in [6.45, 7) is 4.10. The summed E-state index contributed by atoms with van der Waals surface area (Å²) < 4.78 is 0. The molecular formula is C12H24N2O. The monoisotopic (exact) mass is 212 g/mol. The molecule has 0 saturated heterocycles. The van der Waals surface area contributed by atoms with Crippen molar-refractivity contribution in [3.63, 3.8) is 0 Å². The molecule has 88 valence electrons. The molecule has 3 heteroatoms. The molecule has 0 aromatic carbocycles. The van der Waals surface area contributed by atoms with Gasteiger partial charge in [0, 0.05) is 6.04 Å². The molecule has 0 radical (unpaired) electrons. The number of amides is 1. The van der Waals surface area contributed by atoms with Gasteiger partial charge in [0.1, 0.15) is 0 Å². The zero-order valence-electron chi connectivity index (χ0n) is 9.96. The molecule has 0 aromatic rings. The molecule has 0 unspecified atom stereocenters. The minimum absolute atomic E-state index is 0.131. The zero-order valence-corrected chi connectivity index (χ0v) is 9.96. The topological polar surface area (TPSA) is 55.1 Å². The number of carbonyl (C=O) groups is 1. The molecule has 1 amide bonds. The van der Waals surface area contributed by atoms with E-state index in [0.29, 0.717) is 12.0 Å². The Hall–Kier alpha value is -0.570. The van der Waals surface area contributed by atoms with Gasteiger partial charge in [-0.15, -0.1) is 0 Å². The highest BCUT2D eigenvalue weighted by atomic mass is 16.1. The second-order valence-corrected chi connectivity index (χ2v) is 5.02. The second-order valence-electron chi connectivity index (χ2n) is 5.02. The van der Waals surface area contributed by atoms with Crippen LogP contribution in [0, 0.1) is 5.92 Å². The lowest BCUT2D eigenvalue weighted by molar-refractivity contribution is -0.120. The Bertz CT molecular complexity index is 198. The highest BCUT2D eigenvalue weighted by molar-refractivity contribution is 5.79. The Morgan fingerprint density at radius 3 is 2.40 bits per heavy atom. The molecular weight excluding hydrogens is 188 g/mol. The molecule has 0 bridgehead atoms. The smallest absolute Gasteiger partial charge is 0.234 e. The number of hydrogen-bond acceptors (Lipinski definition) is 2. The van der Waals surface area contributed by atoms with Crippen molar-refractivity contribution in [2.75, 3.05) is 0 Å². The van der Waals surface area contributed by atoms with Gasteiger partial charge in [0.2, 0.25) is 5.91 Å². The Morgan fingerprint density at radius 2 is 1.93 bits per heavy atom. The predicted octanol–water partition coefficient (Wildman–Crippen LogP) is 1.81. The molecule has 1 rings (SSSR count). The summed E-state index contributed by atoms with van der Waals surface area (Å²) >= 11 is 0. The van der Waals surface area contributed by atoms with E-state index in [2.05, 4.69) is 19.2 Å². The van der Waals surface area contributed by atoms with E-state index in [9.17, 15) is 4.79 Å². The summed E-state index contributed by atoms with van der Waals surface area (Å²) in [6.07, 6.45) is 7.45. The maximum Gasteiger partial charge on any atom is 0.234 e. The Labute approximate surface area is 92.8 Å². The van der Waals surface area contributed by atoms with E-state index in [1.54, 1.807) is 0 Å². The van der Waals surface area contributed by atoms with Gasteiger partial charge in [-0.3, -0.25) is 4.79 Å². The molecule has 0 aromatic heterocycles. The fourth-order valence-electron chi connectivity index (χ4n) is 2.42. The first-order chi connectivity index (χ1) is 7.09. The summed E-state index contributed by atoms with van der Waals surface area (Å²) in [5.74, 6) is 0.497. The lowest BCUT2D eigenvalue weighted by Gasteiger charge is -2.26. The Morgan fingerprint density at radius 1 is 1.33 bits per heavy atom. The maximum atomic E-state index is 11.3. The first-order valence-electron chi connectivity index (χ1n) is 6.15. The van der Waals surface area contributed by atoms with Crippen LogP contribution in [0.1, 0.15) is 52.4 Å². The van der Waals surface area contributed by atoms with Crippen LogP contribution < -0.4 is 11.1 Å².